The normalized spacial score (nSPS) is 14.9. The molecule has 2 unspecified atom stereocenters. The number of aliphatic hydroxyl groups is 1. The largest absolute Gasteiger partial charge is 0.490 e. The van der Waals surface area contributed by atoms with Crippen LogP contribution in [-0.2, 0) is 23.8 Å². The molecule has 0 spiro atoms. The zero-order valence-corrected chi connectivity index (χ0v) is 45.7. The number of esters is 2. The highest BCUT2D eigenvalue weighted by atomic mass is 16.6. The summed E-state index contributed by atoms with van der Waals surface area (Å²) in [5.41, 5.74) is -0.0988. The summed E-state index contributed by atoms with van der Waals surface area (Å²) in [4.78, 5) is 99.5. The summed E-state index contributed by atoms with van der Waals surface area (Å²) in [6.07, 6.45) is 3.29. The highest BCUT2D eigenvalue weighted by Crippen LogP contribution is 2.31. The van der Waals surface area contributed by atoms with Gasteiger partial charge in [-0.05, 0) is 93.1 Å². The van der Waals surface area contributed by atoms with Crippen LogP contribution in [0.1, 0.15) is 178 Å². The molecular weight excluding hydrogens is 949 g/mol. The predicted molar refractivity (Wildman–Crippen MR) is 284 cm³/mol. The smallest absolute Gasteiger partial charge is 0.326 e. The molecule has 0 saturated carbocycles. The van der Waals surface area contributed by atoms with E-state index in [2.05, 4.69) is 13.8 Å². The van der Waals surface area contributed by atoms with Gasteiger partial charge in [-0.3, -0.25) is 48.2 Å². The Hall–Kier alpha value is -7.04. The van der Waals surface area contributed by atoms with Crippen LogP contribution in [0.5, 0.6) is 11.5 Å². The Morgan fingerprint density at radius 1 is 0.568 bits per heavy atom. The fraction of sp³-hybridized carbons (Fsp3) is 0.448. The van der Waals surface area contributed by atoms with E-state index in [9.17, 15) is 43.5 Å². The van der Waals surface area contributed by atoms with E-state index in [0.29, 0.717) is 35.7 Å². The van der Waals surface area contributed by atoms with Gasteiger partial charge in [0, 0.05) is 11.1 Å². The molecule has 1 saturated heterocycles. The molecule has 4 aromatic rings. The first kappa shape index (κ1) is 65.0. The lowest BCUT2D eigenvalue weighted by Gasteiger charge is -2.21. The Balaban J connectivity index is 0.000000624. The number of amides is 4. The molecule has 3 aliphatic heterocycles. The van der Waals surface area contributed by atoms with Gasteiger partial charge in [-0.15, -0.1) is 0 Å². The fourth-order valence-electron chi connectivity index (χ4n) is 6.64. The number of fused-ring (bicyclic) bond motifs is 2. The second-order valence-corrected chi connectivity index (χ2v) is 15.9. The van der Waals surface area contributed by atoms with Crippen molar-refractivity contribution in [1.82, 2.24) is 9.80 Å². The van der Waals surface area contributed by atoms with Crippen molar-refractivity contribution in [3.05, 3.63) is 130 Å². The van der Waals surface area contributed by atoms with Crippen LogP contribution in [0.3, 0.4) is 0 Å². The van der Waals surface area contributed by atoms with Gasteiger partial charge in [-0.25, -0.2) is 0 Å². The second kappa shape index (κ2) is 33.6. The first-order valence-electron chi connectivity index (χ1n) is 25.7. The van der Waals surface area contributed by atoms with Crippen LogP contribution < -0.4 is 9.47 Å². The van der Waals surface area contributed by atoms with E-state index in [4.69, 9.17) is 23.7 Å². The lowest BCUT2D eigenvalue weighted by molar-refractivity contribution is -0.145. The van der Waals surface area contributed by atoms with Crippen molar-refractivity contribution in [3.8, 4) is 11.5 Å². The Labute approximate surface area is 437 Å². The standard InChI is InChI=1S/C25H27NO7.C22H19NO7.C3H8.4C2H6/c1-3-4-13-25(2,31)22(28)17-9-11-18(12-10-17)32-14-15-33-21(27)16-26-23(29)19-7-5-6-8-20(19)24(26)30;1-22(13-30-22)19(25)14-6-8-15(9-7-14)28-10-11-29-18(24)12-23-20(26)16-4-2-3-5-17(16)21(23)27;1-3-2;4*1-2/h5-12,31H,3-4,13-16H2,1-2H3;2-9H,10-13H2,1H3;3H2,1-2H3;4*1-2H3. The molecule has 1 N–H and O–H groups in total. The molecule has 4 amide bonds. The summed E-state index contributed by atoms with van der Waals surface area (Å²) < 4.78 is 26.3. The number of ketones is 2. The van der Waals surface area contributed by atoms with Gasteiger partial charge in [0.1, 0.15) is 56.6 Å². The van der Waals surface area contributed by atoms with Crippen molar-refractivity contribution in [1.29, 1.82) is 0 Å². The van der Waals surface area contributed by atoms with Crippen LogP contribution in [0.15, 0.2) is 97.1 Å². The zero-order chi connectivity index (χ0) is 56.0. The maximum atomic E-state index is 12.5. The minimum absolute atomic E-state index is 0.0470. The summed E-state index contributed by atoms with van der Waals surface area (Å²) in [6, 6.07) is 25.8. The molecule has 4 aromatic carbocycles. The van der Waals surface area contributed by atoms with Crippen LogP contribution in [0, 0.1) is 0 Å². The first-order chi connectivity index (χ1) is 35.5. The summed E-state index contributed by atoms with van der Waals surface area (Å²) in [6.45, 7) is 25.0. The average molecular weight is 1030 g/mol. The maximum Gasteiger partial charge on any atom is 0.326 e. The van der Waals surface area contributed by atoms with Crippen LogP contribution in [-0.4, -0.2) is 119 Å². The summed E-state index contributed by atoms with van der Waals surface area (Å²) in [7, 11) is 0. The number of hydrogen-bond donors (Lipinski definition) is 1. The number of epoxide rings is 1. The number of unbranched alkanes of at least 4 members (excludes halogenated alkanes) is 1. The van der Waals surface area contributed by atoms with Gasteiger partial charge in [0.05, 0.1) is 28.9 Å². The number of benzene rings is 4. The molecule has 1 fully saturated rings. The minimum Gasteiger partial charge on any atom is -0.490 e. The SMILES string of the molecule is CC.CC.CC.CC.CC1(C(=O)c2ccc(OCCOC(=O)CN3C(=O)c4ccccc4C3=O)cc2)CO1.CCC.CCCCC(C)(O)C(=O)c1ccc(OCCOC(=O)CN2C(=O)c3ccccc3C2=O)cc1. The Morgan fingerprint density at radius 3 is 1.20 bits per heavy atom. The summed E-state index contributed by atoms with van der Waals surface area (Å²) in [5, 5.41) is 10.4. The van der Waals surface area contributed by atoms with Gasteiger partial charge in [0.15, 0.2) is 17.2 Å². The van der Waals surface area contributed by atoms with Crippen molar-refractivity contribution in [2.45, 2.75) is 127 Å². The van der Waals surface area contributed by atoms with Gasteiger partial charge in [0.2, 0.25) is 0 Å². The highest BCUT2D eigenvalue weighted by Gasteiger charge is 2.47. The molecule has 0 bridgehead atoms. The fourth-order valence-corrected chi connectivity index (χ4v) is 6.64. The Bertz CT molecular complexity index is 2350. The molecule has 74 heavy (non-hydrogen) atoms. The number of Topliss-reactive ketones (excluding diaryl/α,β-unsaturated/α-hetero) is 2. The summed E-state index contributed by atoms with van der Waals surface area (Å²) in [5.74, 6) is -2.91. The summed E-state index contributed by atoms with van der Waals surface area (Å²) >= 11 is 0. The molecule has 3 aliphatic rings. The molecule has 2 atom stereocenters. The van der Waals surface area contributed by atoms with Crippen molar-refractivity contribution >= 4 is 47.1 Å². The quantitative estimate of drug-likeness (QED) is 0.0304. The molecule has 16 nitrogen and oxygen atoms in total. The molecule has 3 heterocycles. The molecule has 7 rings (SSSR count). The van der Waals surface area contributed by atoms with Gasteiger partial charge in [0.25, 0.3) is 23.6 Å². The molecule has 0 radical (unpaired) electrons. The van der Waals surface area contributed by atoms with E-state index in [1.54, 1.807) is 104 Å². The second-order valence-electron chi connectivity index (χ2n) is 15.9. The lowest BCUT2D eigenvalue weighted by Crippen LogP contribution is -2.36. The van der Waals surface area contributed by atoms with E-state index in [-0.39, 0.29) is 60.2 Å². The number of carbonyl (C=O) groups excluding carboxylic acids is 8. The van der Waals surface area contributed by atoms with Crippen molar-refractivity contribution in [2.75, 3.05) is 46.1 Å². The highest BCUT2D eigenvalue weighted by molar-refractivity contribution is 6.23. The number of rotatable bonds is 19. The van der Waals surface area contributed by atoms with Gasteiger partial charge in [-0.1, -0.05) is 120 Å². The van der Waals surface area contributed by atoms with Crippen LogP contribution in [0.2, 0.25) is 0 Å². The van der Waals surface area contributed by atoms with Crippen molar-refractivity contribution in [2.24, 2.45) is 0 Å². The number of ether oxygens (including phenoxy) is 5. The molecule has 404 valence electrons. The Kier molecular flexibility index (Phi) is 29.5. The monoisotopic (exact) mass is 1030 g/mol. The first-order valence-corrected chi connectivity index (χ1v) is 25.7. The van der Waals surface area contributed by atoms with Gasteiger partial charge < -0.3 is 28.8 Å². The average Bonchev–Trinajstić information content (AvgIpc) is 4.09. The molecular formula is C58H78N2O14. The van der Waals surface area contributed by atoms with Crippen LogP contribution >= 0.6 is 0 Å². The van der Waals surface area contributed by atoms with Crippen molar-refractivity contribution in [3.63, 3.8) is 0 Å². The van der Waals surface area contributed by atoms with E-state index >= 15 is 0 Å². The van der Waals surface area contributed by atoms with Crippen LogP contribution in [0.25, 0.3) is 0 Å². The minimum atomic E-state index is -1.41. The van der Waals surface area contributed by atoms with E-state index in [1.165, 1.54) is 13.3 Å². The third-order valence-corrected chi connectivity index (χ3v) is 10.4. The maximum absolute atomic E-state index is 12.5. The third-order valence-electron chi connectivity index (χ3n) is 10.4. The van der Waals surface area contributed by atoms with Crippen molar-refractivity contribution < 1.29 is 67.1 Å². The zero-order valence-electron chi connectivity index (χ0n) is 45.7. The molecule has 16 heteroatoms. The molecule has 0 aromatic heterocycles. The topological polar surface area (TPSA) is 213 Å². The molecule has 0 aliphatic carbocycles. The third kappa shape index (κ3) is 18.8. The van der Waals surface area contributed by atoms with E-state index in [1.807, 2.05) is 62.3 Å². The Morgan fingerprint density at radius 2 is 0.892 bits per heavy atom. The number of nitrogens with zero attached hydrogens (tertiary/aromatic N) is 2. The predicted octanol–water partition coefficient (Wildman–Crippen LogP) is 10.4. The number of imide groups is 2. The number of hydrogen-bond acceptors (Lipinski definition) is 14. The van der Waals surface area contributed by atoms with Crippen LogP contribution in [0.4, 0.5) is 0 Å². The lowest BCUT2D eigenvalue weighted by atomic mass is 9.90. The van der Waals surface area contributed by atoms with Gasteiger partial charge in [-0.2, -0.15) is 0 Å². The van der Waals surface area contributed by atoms with Gasteiger partial charge >= 0.3 is 11.9 Å². The van der Waals surface area contributed by atoms with E-state index < -0.39 is 59.9 Å². The number of carbonyl (C=O) groups is 8. The van der Waals surface area contributed by atoms with E-state index in [0.717, 1.165) is 22.6 Å².